The number of fused-ring (bicyclic) bond motifs is 2. The number of rotatable bonds is 2. The van der Waals surface area contributed by atoms with Crippen molar-refractivity contribution < 1.29 is 19.4 Å². The van der Waals surface area contributed by atoms with E-state index in [1.54, 1.807) is 7.11 Å². The minimum atomic E-state index is -0.460. The van der Waals surface area contributed by atoms with E-state index in [2.05, 4.69) is 33.8 Å². The Kier molecular flexibility index (Phi) is 3.53. The summed E-state index contributed by atoms with van der Waals surface area (Å²) in [6.07, 6.45) is 2.35. The second-order valence-electron chi connectivity index (χ2n) is 8.85. The van der Waals surface area contributed by atoms with E-state index >= 15 is 0 Å². The van der Waals surface area contributed by atoms with Crippen LogP contribution in [0.4, 0.5) is 0 Å². The van der Waals surface area contributed by atoms with Crippen LogP contribution in [-0.4, -0.2) is 24.3 Å². The molecule has 1 heterocycles. The van der Waals surface area contributed by atoms with Gasteiger partial charge < -0.3 is 14.6 Å². The van der Waals surface area contributed by atoms with Crippen molar-refractivity contribution in [2.24, 2.45) is 11.3 Å². The topological polar surface area (TPSA) is 55.8 Å². The molecule has 5 atom stereocenters. The normalized spacial score (nSPS) is 39.1. The van der Waals surface area contributed by atoms with E-state index in [4.69, 9.17) is 9.47 Å². The van der Waals surface area contributed by atoms with Gasteiger partial charge in [-0.25, -0.2) is 0 Å². The highest BCUT2D eigenvalue weighted by molar-refractivity contribution is 5.81. The molecule has 0 amide bonds. The van der Waals surface area contributed by atoms with E-state index in [0.29, 0.717) is 5.75 Å². The predicted octanol–water partition coefficient (Wildman–Crippen LogP) is 4.21. The third kappa shape index (κ3) is 2.00. The van der Waals surface area contributed by atoms with Gasteiger partial charge in [-0.1, -0.05) is 27.2 Å². The molecule has 1 N–H and O–H groups in total. The van der Waals surface area contributed by atoms with Crippen LogP contribution < -0.4 is 0 Å². The van der Waals surface area contributed by atoms with Gasteiger partial charge in [-0.15, -0.1) is 0 Å². The van der Waals surface area contributed by atoms with Gasteiger partial charge in [-0.05, 0) is 54.5 Å². The molecule has 2 fully saturated rings. The van der Waals surface area contributed by atoms with Crippen molar-refractivity contribution >= 4 is 5.97 Å². The zero-order valence-corrected chi connectivity index (χ0v) is 15.8. The number of hydrogen-bond acceptors (Lipinski definition) is 4. The molecule has 4 rings (SSSR count). The van der Waals surface area contributed by atoms with Crippen molar-refractivity contribution in [3.63, 3.8) is 0 Å². The van der Waals surface area contributed by atoms with Crippen LogP contribution in [0.1, 0.15) is 75.7 Å². The standard InChI is InChI=1S/C21H28O4/c1-11(2)12-9-13-14(10-15(12)22)20(3)7-6-8-21(4)18(20)17(16(13)24-5)25-19(21)23/h9-11,16-18,22H,6-8H2,1-5H3. The summed E-state index contributed by atoms with van der Waals surface area (Å²) in [7, 11) is 1.69. The van der Waals surface area contributed by atoms with E-state index < -0.39 is 5.41 Å². The minimum Gasteiger partial charge on any atom is -0.508 e. The van der Waals surface area contributed by atoms with Crippen LogP contribution in [0.5, 0.6) is 5.75 Å². The van der Waals surface area contributed by atoms with E-state index in [0.717, 1.165) is 36.0 Å². The highest BCUT2D eigenvalue weighted by atomic mass is 16.6. The summed E-state index contributed by atoms with van der Waals surface area (Å²) in [5.41, 5.74) is 2.49. The van der Waals surface area contributed by atoms with Crippen molar-refractivity contribution in [2.45, 2.75) is 70.5 Å². The van der Waals surface area contributed by atoms with Crippen molar-refractivity contribution in [3.8, 4) is 5.75 Å². The van der Waals surface area contributed by atoms with E-state index in [1.165, 1.54) is 0 Å². The SMILES string of the molecule is COC1c2cc(C(C)C)c(O)cc2C2(C)CCCC3(C)C(=O)OC1C32. The smallest absolute Gasteiger partial charge is 0.312 e. The molecular weight excluding hydrogens is 316 g/mol. The van der Waals surface area contributed by atoms with Crippen LogP contribution in [0.25, 0.3) is 0 Å². The van der Waals surface area contributed by atoms with Crippen LogP contribution in [0.3, 0.4) is 0 Å². The lowest BCUT2D eigenvalue weighted by Gasteiger charge is -2.53. The summed E-state index contributed by atoms with van der Waals surface area (Å²) in [5.74, 6) is 0.566. The molecule has 0 spiro atoms. The van der Waals surface area contributed by atoms with Gasteiger partial charge in [-0.3, -0.25) is 4.79 Å². The number of benzene rings is 1. The maximum Gasteiger partial charge on any atom is 0.312 e. The Hall–Kier alpha value is -1.55. The largest absolute Gasteiger partial charge is 0.508 e. The van der Waals surface area contributed by atoms with E-state index in [-0.39, 0.29) is 35.4 Å². The summed E-state index contributed by atoms with van der Waals surface area (Å²) in [5, 5.41) is 10.6. The lowest BCUT2D eigenvalue weighted by Crippen LogP contribution is -2.53. The first-order valence-electron chi connectivity index (χ1n) is 9.35. The number of hydrogen-bond donors (Lipinski definition) is 1. The van der Waals surface area contributed by atoms with Gasteiger partial charge in [0.15, 0.2) is 0 Å². The molecule has 4 heteroatoms. The van der Waals surface area contributed by atoms with Crippen molar-refractivity contribution in [3.05, 3.63) is 28.8 Å². The molecule has 3 aliphatic rings. The molecular formula is C21H28O4. The molecule has 1 aromatic rings. The van der Waals surface area contributed by atoms with Gasteiger partial charge in [0.05, 0.1) is 5.41 Å². The lowest BCUT2D eigenvalue weighted by atomic mass is 9.49. The van der Waals surface area contributed by atoms with E-state index in [1.807, 2.05) is 6.07 Å². The van der Waals surface area contributed by atoms with Crippen LogP contribution in [-0.2, 0) is 19.7 Å². The summed E-state index contributed by atoms with van der Waals surface area (Å²) < 4.78 is 11.8. The Labute approximate surface area is 149 Å². The van der Waals surface area contributed by atoms with Crippen molar-refractivity contribution in [1.29, 1.82) is 0 Å². The Morgan fingerprint density at radius 3 is 2.56 bits per heavy atom. The van der Waals surface area contributed by atoms with Crippen LogP contribution >= 0.6 is 0 Å². The molecule has 0 bridgehead atoms. The summed E-state index contributed by atoms with van der Waals surface area (Å²) in [4.78, 5) is 12.7. The Bertz CT molecular complexity index is 740. The second-order valence-corrected chi connectivity index (χ2v) is 8.85. The molecule has 0 aromatic heterocycles. The molecule has 1 aromatic carbocycles. The predicted molar refractivity (Wildman–Crippen MR) is 94.6 cm³/mol. The number of phenolic OH excluding ortho intramolecular Hbond substituents is 1. The quantitative estimate of drug-likeness (QED) is 0.817. The van der Waals surface area contributed by atoms with E-state index in [9.17, 15) is 9.90 Å². The van der Waals surface area contributed by atoms with Crippen LogP contribution in [0.2, 0.25) is 0 Å². The van der Waals surface area contributed by atoms with Gasteiger partial charge >= 0.3 is 5.97 Å². The van der Waals surface area contributed by atoms with Gasteiger partial charge in [0.2, 0.25) is 0 Å². The zero-order valence-electron chi connectivity index (χ0n) is 15.8. The van der Waals surface area contributed by atoms with Gasteiger partial charge in [0.1, 0.15) is 18.0 Å². The van der Waals surface area contributed by atoms with Gasteiger partial charge in [0, 0.05) is 18.4 Å². The summed E-state index contributed by atoms with van der Waals surface area (Å²) in [6, 6.07) is 4.00. The average molecular weight is 344 g/mol. The molecule has 136 valence electrons. The molecule has 5 unspecified atom stereocenters. The molecule has 2 aliphatic carbocycles. The average Bonchev–Trinajstić information content (AvgIpc) is 2.81. The Morgan fingerprint density at radius 1 is 1.24 bits per heavy atom. The summed E-state index contributed by atoms with van der Waals surface area (Å²) in [6.45, 7) is 8.44. The highest BCUT2D eigenvalue weighted by Gasteiger charge is 2.67. The first-order valence-corrected chi connectivity index (χ1v) is 9.35. The number of carbonyl (C=O) groups excluding carboxylic acids is 1. The number of carbonyl (C=O) groups is 1. The maximum atomic E-state index is 12.7. The number of esters is 1. The van der Waals surface area contributed by atoms with Gasteiger partial charge in [0.25, 0.3) is 0 Å². The fourth-order valence-corrected chi connectivity index (χ4v) is 5.91. The molecule has 4 nitrogen and oxygen atoms in total. The monoisotopic (exact) mass is 344 g/mol. The maximum absolute atomic E-state index is 12.7. The first-order chi connectivity index (χ1) is 11.7. The van der Waals surface area contributed by atoms with Crippen LogP contribution in [0, 0.1) is 11.3 Å². The second kappa shape index (κ2) is 5.23. The van der Waals surface area contributed by atoms with Crippen molar-refractivity contribution in [2.75, 3.05) is 7.11 Å². The third-order valence-electron chi connectivity index (χ3n) is 7.10. The number of ether oxygens (including phenoxy) is 2. The van der Waals surface area contributed by atoms with Gasteiger partial charge in [-0.2, -0.15) is 0 Å². The highest BCUT2D eigenvalue weighted by Crippen LogP contribution is 2.64. The molecule has 1 saturated heterocycles. The molecule has 0 radical (unpaired) electrons. The molecule has 1 aliphatic heterocycles. The first kappa shape index (κ1) is 16.9. The fraction of sp³-hybridized carbons (Fsp3) is 0.667. The number of aromatic hydroxyl groups is 1. The number of phenols is 1. The zero-order chi connectivity index (χ0) is 18.1. The Morgan fingerprint density at radius 2 is 1.92 bits per heavy atom. The third-order valence-corrected chi connectivity index (χ3v) is 7.10. The fourth-order valence-electron chi connectivity index (χ4n) is 5.91. The number of methoxy groups -OCH3 is 1. The lowest BCUT2D eigenvalue weighted by molar-refractivity contribution is -0.152. The van der Waals surface area contributed by atoms with Crippen LogP contribution in [0.15, 0.2) is 12.1 Å². The minimum absolute atomic E-state index is 0.0861. The summed E-state index contributed by atoms with van der Waals surface area (Å²) >= 11 is 0. The van der Waals surface area contributed by atoms with Crippen molar-refractivity contribution in [1.82, 2.24) is 0 Å². The molecule has 25 heavy (non-hydrogen) atoms. The molecule has 1 saturated carbocycles. The Balaban J connectivity index is 1.98.